The van der Waals surface area contributed by atoms with Gasteiger partial charge in [-0.1, -0.05) is 13.0 Å². The fourth-order valence-corrected chi connectivity index (χ4v) is 2.12. The van der Waals surface area contributed by atoms with E-state index in [4.69, 9.17) is 0 Å². The quantitative estimate of drug-likeness (QED) is 0.503. The van der Waals surface area contributed by atoms with Crippen LogP contribution in [0.4, 0.5) is 27.9 Å². The summed E-state index contributed by atoms with van der Waals surface area (Å²) >= 11 is 0. The molecule has 2 aromatic rings. The second-order valence-electron chi connectivity index (χ2n) is 5.34. The minimum atomic E-state index is -0.255. The first-order valence-corrected chi connectivity index (χ1v) is 8.28. The van der Waals surface area contributed by atoms with Gasteiger partial charge in [0.1, 0.15) is 5.82 Å². The van der Waals surface area contributed by atoms with Crippen LogP contribution in [0, 0.1) is 0 Å². The number of urea groups is 1. The van der Waals surface area contributed by atoms with Crippen LogP contribution >= 0.6 is 0 Å². The van der Waals surface area contributed by atoms with Crippen LogP contribution in [0.15, 0.2) is 30.5 Å². The Morgan fingerprint density at radius 2 is 2.04 bits per heavy atom. The third-order valence-corrected chi connectivity index (χ3v) is 3.29. The second kappa shape index (κ2) is 9.43. The number of nitrogens with zero attached hydrogens (tertiary/aromatic N) is 2. The zero-order valence-electron chi connectivity index (χ0n) is 14.5. The Hall–Kier alpha value is -2.87. The molecule has 8 nitrogen and oxygen atoms in total. The Labute approximate surface area is 147 Å². The van der Waals surface area contributed by atoms with Crippen LogP contribution in [0.25, 0.3) is 0 Å². The summed E-state index contributed by atoms with van der Waals surface area (Å²) < 4.78 is 0. The van der Waals surface area contributed by atoms with E-state index in [1.165, 1.54) is 0 Å². The molecule has 0 aliphatic heterocycles. The van der Waals surface area contributed by atoms with E-state index in [-0.39, 0.29) is 12.6 Å². The van der Waals surface area contributed by atoms with Crippen LogP contribution in [0.3, 0.4) is 0 Å². The summed E-state index contributed by atoms with van der Waals surface area (Å²) in [6.07, 6.45) is 2.54. The molecular weight excluding hydrogens is 320 g/mol. The van der Waals surface area contributed by atoms with Crippen molar-refractivity contribution in [2.45, 2.75) is 26.9 Å². The Kier molecular flexibility index (Phi) is 6.97. The van der Waals surface area contributed by atoms with Crippen molar-refractivity contribution in [3.8, 4) is 0 Å². The molecule has 0 radical (unpaired) electrons. The van der Waals surface area contributed by atoms with Crippen molar-refractivity contribution < 1.29 is 9.90 Å². The number of anilines is 4. The van der Waals surface area contributed by atoms with Gasteiger partial charge in [-0.15, -0.1) is 0 Å². The van der Waals surface area contributed by atoms with E-state index in [1.54, 1.807) is 18.3 Å². The van der Waals surface area contributed by atoms with Crippen LogP contribution in [0.5, 0.6) is 0 Å². The SMILES string of the molecule is CCCNc1nc(Nc2cccc(NC(=O)NCC)c2)ncc1CO. The Balaban J connectivity index is 2.12. The van der Waals surface area contributed by atoms with E-state index in [1.807, 2.05) is 19.1 Å². The number of aliphatic hydroxyl groups is 1. The highest BCUT2D eigenvalue weighted by molar-refractivity contribution is 5.89. The normalized spacial score (nSPS) is 10.2. The van der Waals surface area contributed by atoms with E-state index in [2.05, 4.69) is 38.2 Å². The van der Waals surface area contributed by atoms with Gasteiger partial charge in [0.2, 0.25) is 5.95 Å². The number of carbonyl (C=O) groups excluding carboxylic acids is 1. The molecule has 8 heteroatoms. The highest BCUT2D eigenvalue weighted by Crippen LogP contribution is 2.20. The number of rotatable bonds is 8. The van der Waals surface area contributed by atoms with Gasteiger partial charge in [0.25, 0.3) is 0 Å². The van der Waals surface area contributed by atoms with Crippen LogP contribution in [0.2, 0.25) is 0 Å². The molecule has 0 unspecified atom stereocenters. The maximum absolute atomic E-state index is 11.6. The molecule has 0 atom stereocenters. The van der Waals surface area contributed by atoms with Crippen molar-refractivity contribution in [2.75, 3.05) is 29.0 Å². The number of aromatic nitrogens is 2. The van der Waals surface area contributed by atoms with E-state index in [0.29, 0.717) is 29.6 Å². The molecule has 0 aliphatic rings. The summed E-state index contributed by atoms with van der Waals surface area (Å²) in [5, 5.41) is 21.1. The van der Waals surface area contributed by atoms with Gasteiger partial charge in [-0.2, -0.15) is 4.98 Å². The lowest BCUT2D eigenvalue weighted by Gasteiger charge is -2.12. The maximum atomic E-state index is 11.6. The number of nitrogens with one attached hydrogen (secondary N) is 4. The summed E-state index contributed by atoms with van der Waals surface area (Å²) in [4.78, 5) is 20.2. The van der Waals surface area contributed by atoms with Gasteiger partial charge in [-0.05, 0) is 31.5 Å². The van der Waals surface area contributed by atoms with Crippen LogP contribution < -0.4 is 21.3 Å². The molecule has 0 saturated heterocycles. The second-order valence-corrected chi connectivity index (χ2v) is 5.34. The molecule has 5 N–H and O–H groups in total. The molecule has 1 aromatic heterocycles. The zero-order chi connectivity index (χ0) is 18.1. The number of hydrogen-bond acceptors (Lipinski definition) is 6. The zero-order valence-corrected chi connectivity index (χ0v) is 14.5. The fraction of sp³-hybridized carbons (Fsp3) is 0.353. The molecule has 0 spiro atoms. The van der Waals surface area contributed by atoms with Crippen molar-refractivity contribution in [3.63, 3.8) is 0 Å². The van der Waals surface area contributed by atoms with E-state index >= 15 is 0 Å². The van der Waals surface area contributed by atoms with E-state index < -0.39 is 0 Å². The predicted molar refractivity (Wildman–Crippen MR) is 99.2 cm³/mol. The Bertz CT molecular complexity index is 707. The molecular formula is C17H24N6O2. The summed E-state index contributed by atoms with van der Waals surface area (Å²) in [6.45, 7) is 5.10. The molecule has 2 amide bonds. The molecule has 0 bridgehead atoms. The highest BCUT2D eigenvalue weighted by Gasteiger charge is 2.07. The van der Waals surface area contributed by atoms with Crippen LogP contribution in [-0.4, -0.2) is 34.2 Å². The van der Waals surface area contributed by atoms with E-state index in [0.717, 1.165) is 18.7 Å². The average molecular weight is 344 g/mol. The molecule has 1 heterocycles. The van der Waals surface area contributed by atoms with Gasteiger partial charge < -0.3 is 26.4 Å². The minimum absolute atomic E-state index is 0.127. The number of hydrogen-bond donors (Lipinski definition) is 5. The topological polar surface area (TPSA) is 111 Å². The van der Waals surface area contributed by atoms with E-state index in [9.17, 15) is 9.90 Å². The summed E-state index contributed by atoms with van der Waals surface area (Å²) in [5.74, 6) is 1.02. The standard InChI is InChI=1S/C17H24N6O2/c1-3-8-19-15-12(11-24)10-20-16(23-15)21-13-6-5-7-14(9-13)22-17(25)18-4-2/h5-7,9-10,24H,3-4,8,11H2,1-2H3,(H2,18,22,25)(H2,19,20,21,23). The Morgan fingerprint density at radius 1 is 1.24 bits per heavy atom. The monoisotopic (exact) mass is 344 g/mol. The van der Waals surface area contributed by atoms with Gasteiger partial charge in [-0.25, -0.2) is 9.78 Å². The maximum Gasteiger partial charge on any atom is 0.319 e. The third-order valence-electron chi connectivity index (χ3n) is 3.29. The summed E-state index contributed by atoms with van der Waals surface area (Å²) in [6, 6.07) is 7.00. The number of aliphatic hydroxyl groups excluding tert-OH is 1. The first-order valence-electron chi connectivity index (χ1n) is 8.28. The fourth-order valence-electron chi connectivity index (χ4n) is 2.12. The molecule has 134 valence electrons. The molecule has 0 fully saturated rings. The van der Waals surface area contributed by atoms with Crippen LogP contribution in [-0.2, 0) is 6.61 Å². The molecule has 1 aromatic carbocycles. The lowest BCUT2D eigenvalue weighted by molar-refractivity contribution is 0.252. The van der Waals surface area contributed by atoms with Gasteiger partial charge >= 0.3 is 6.03 Å². The summed E-state index contributed by atoms with van der Waals surface area (Å²) in [7, 11) is 0. The van der Waals surface area contributed by atoms with Gasteiger partial charge in [0.15, 0.2) is 0 Å². The lowest BCUT2D eigenvalue weighted by Crippen LogP contribution is -2.28. The van der Waals surface area contributed by atoms with Crippen molar-refractivity contribution >= 4 is 29.2 Å². The van der Waals surface area contributed by atoms with Gasteiger partial charge in [-0.3, -0.25) is 0 Å². The van der Waals surface area contributed by atoms with Crippen LogP contribution in [0.1, 0.15) is 25.8 Å². The molecule has 25 heavy (non-hydrogen) atoms. The van der Waals surface area contributed by atoms with Crippen molar-refractivity contribution in [1.82, 2.24) is 15.3 Å². The van der Waals surface area contributed by atoms with Crippen molar-refractivity contribution in [2.24, 2.45) is 0 Å². The number of carbonyl (C=O) groups is 1. The number of benzene rings is 1. The van der Waals surface area contributed by atoms with Gasteiger partial charge in [0, 0.05) is 36.2 Å². The third kappa shape index (κ3) is 5.61. The first kappa shape index (κ1) is 18.5. The molecule has 0 saturated carbocycles. The lowest BCUT2D eigenvalue weighted by atomic mass is 10.3. The highest BCUT2D eigenvalue weighted by atomic mass is 16.3. The predicted octanol–water partition coefficient (Wildman–Crippen LogP) is 2.68. The minimum Gasteiger partial charge on any atom is -0.391 e. The average Bonchev–Trinajstić information content (AvgIpc) is 2.60. The van der Waals surface area contributed by atoms with Gasteiger partial charge in [0.05, 0.1) is 6.61 Å². The molecule has 0 aliphatic carbocycles. The van der Waals surface area contributed by atoms with Crippen molar-refractivity contribution in [3.05, 3.63) is 36.0 Å². The largest absolute Gasteiger partial charge is 0.391 e. The van der Waals surface area contributed by atoms with Crippen molar-refractivity contribution in [1.29, 1.82) is 0 Å². The number of amides is 2. The Morgan fingerprint density at radius 3 is 2.76 bits per heavy atom. The first-order chi connectivity index (χ1) is 12.2. The summed E-state index contributed by atoms with van der Waals surface area (Å²) in [5.41, 5.74) is 2.05. The molecule has 2 rings (SSSR count). The smallest absolute Gasteiger partial charge is 0.319 e.